The molecule has 1 aromatic rings. The summed E-state index contributed by atoms with van der Waals surface area (Å²) in [7, 11) is 0. The van der Waals surface area contributed by atoms with Crippen molar-refractivity contribution >= 4 is 11.6 Å². The molecule has 1 aromatic carbocycles. The van der Waals surface area contributed by atoms with Crippen LogP contribution < -0.4 is 5.32 Å². The molecule has 0 spiro atoms. The molecule has 0 amide bonds. The summed E-state index contributed by atoms with van der Waals surface area (Å²) in [6, 6.07) is 8.46. The maximum atomic E-state index is 6.17. The van der Waals surface area contributed by atoms with Crippen molar-refractivity contribution in [3.8, 4) is 0 Å². The van der Waals surface area contributed by atoms with Gasteiger partial charge in [0.1, 0.15) is 0 Å². The number of benzene rings is 1. The van der Waals surface area contributed by atoms with E-state index in [1.807, 2.05) is 6.07 Å². The summed E-state index contributed by atoms with van der Waals surface area (Å²) in [6.07, 6.45) is 3.90. The topological polar surface area (TPSA) is 12.0 Å². The van der Waals surface area contributed by atoms with Gasteiger partial charge in [0.25, 0.3) is 0 Å². The number of hydrogen-bond donors (Lipinski definition) is 1. The van der Waals surface area contributed by atoms with E-state index in [0.29, 0.717) is 11.3 Å². The summed E-state index contributed by atoms with van der Waals surface area (Å²) in [5.41, 5.74) is 1.74. The summed E-state index contributed by atoms with van der Waals surface area (Å²) in [6.45, 7) is 9.00. The smallest absolute Gasteiger partial charge is 0.0408 e. The van der Waals surface area contributed by atoms with Gasteiger partial charge >= 0.3 is 0 Å². The molecule has 1 aliphatic rings. The third-order valence-corrected chi connectivity index (χ3v) is 4.62. The highest BCUT2D eigenvalue weighted by Crippen LogP contribution is 2.49. The first-order chi connectivity index (χ1) is 9.05. The quantitative estimate of drug-likeness (QED) is 0.800. The predicted molar refractivity (Wildman–Crippen MR) is 83.9 cm³/mol. The van der Waals surface area contributed by atoms with Crippen molar-refractivity contribution in [2.24, 2.45) is 11.8 Å². The molecular weight excluding hydrogens is 254 g/mol. The van der Waals surface area contributed by atoms with Gasteiger partial charge < -0.3 is 5.32 Å². The Labute approximate surface area is 122 Å². The van der Waals surface area contributed by atoms with Gasteiger partial charge in [-0.25, -0.2) is 0 Å². The van der Waals surface area contributed by atoms with E-state index in [9.17, 15) is 0 Å². The average Bonchev–Trinajstić information content (AvgIpc) is 2.32. The monoisotopic (exact) mass is 279 g/mol. The lowest BCUT2D eigenvalue weighted by Crippen LogP contribution is -2.49. The number of rotatable bonds is 6. The highest BCUT2D eigenvalue weighted by Gasteiger charge is 2.44. The van der Waals surface area contributed by atoms with Crippen LogP contribution in [0.4, 0.5) is 0 Å². The van der Waals surface area contributed by atoms with Gasteiger partial charge in [-0.3, -0.25) is 0 Å². The van der Waals surface area contributed by atoms with Gasteiger partial charge in [-0.1, -0.05) is 50.9 Å². The van der Waals surface area contributed by atoms with Crippen LogP contribution in [-0.4, -0.2) is 13.1 Å². The van der Waals surface area contributed by atoms with Crippen LogP contribution in [0.15, 0.2) is 24.3 Å². The minimum Gasteiger partial charge on any atom is -0.316 e. The second-order valence-electron chi connectivity index (χ2n) is 6.50. The van der Waals surface area contributed by atoms with E-state index >= 15 is 0 Å². The number of hydrogen-bond acceptors (Lipinski definition) is 1. The first-order valence-corrected chi connectivity index (χ1v) is 7.90. The first-order valence-electron chi connectivity index (χ1n) is 7.52. The van der Waals surface area contributed by atoms with E-state index in [1.165, 1.54) is 24.8 Å². The van der Waals surface area contributed by atoms with Crippen molar-refractivity contribution in [2.75, 3.05) is 13.1 Å². The van der Waals surface area contributed by atoms with Gasteiger partial charge in [-0.15, -0.1) is 0 Å². The average molecular weight is 280 g/mol. The van der Waals surface area contributed by atoms with Gasteiger partial charge in [0, 0.05) is 17.0 Å². The highest BCUT2D eigenvalue weighted by atomic mass is 35.5. The van der Waals surface area contributed by atoms with Crippen LogP contribution in [0.5, 0.6) is 0 Å². The van der Waals surface area contributed by atoms with Crippen molar-refractivity contribution in [2.45, 2.75) is 45.4 Å². The minimum atomic E-state index is 0.320. The normalized spacial score (nSPS) is 26.5. The molecule has 2 heteroatoms. The molecule has 0 unspecified atom stereocenters. The van der Waals surface area contributed by atoms with E-state index < -0.39 is 0 Å². The van der Waals surface area contributed by atoms with Crippen LogP contribution >= 0.6 is 11.6 Å². The first kappa shape index (κ1) is 14.9. The number of halogens is 1. The Morgan fingerprint density at radius 3 is 2.68 bits per heavy atom. The maximum Gasteiger partial charge on any atom is 0.0408 e. The third kappa shape index (κ3) is 3.52. The van der Waals surface area contributed by atoms with Crippen LogP contribution in [0.1, 0.15) is 45.6 Å². The second-order valence-corrected chi connectivity index (χ2v) is 6.93. The van der Waals surface area contributed by atoms with Crippen molar-refractivity contribution in [1.29, 1.82) is 0 Å². The van der Waals surface area contributed by atoms with Crippen molar-refractivity contribution < 1.29 is 0 Å². The Morgan fingerprint density at radius 1 is 1.37 bits per heavy atom. The molecule has 1 N–H and O–H groups in total. The molecule has 1 fully saturated rings. The molecule has 19 heavy (non-hydrogen) atoms. The van der Waals surface area contributed by atoms with Gasteiger partial charge in [-0.2, -0.15) is 0 Å². The summed E-state index contributed by atoms with van der Waals surface area (Å²) in [5.74, 6) is 1.60. The van der Waals surface area contributed by atoms with E-state index in [2.05, 4.69) is 44.3 Å². The highest BCUT2D eigenvalue weighted by molar-refractivity contribution is 6.30. The van der Waals surface area contributed by atoms with Crippen LogP contribution in [0, 0.1) is 11.8 Å². The zero-order valence-corrected chi connectivity index (χ0v) is 13.1. The second kappa shape index (κ2) is 6.28. The fourth-order valence-corrected chi connectivity index (χ4v) is 3.42. The van der Waals surface area contributed by atoms with E-state index in [-0.39, 0.29) is 0 Å². The third-order valence-electron chi connectivity index (χ3n) is 4.39. The molecule has 1 aliphatic carbocycles. The summed E-state index contributed by atoms with van der Waals surface area (Å²) in [5, 5.41) is 4.51. The van der Waals surface area contributed by atoms with Crippen LogP contribution in [0.25, 0.3) is 0 Å². The Kier molecular flexibility index (Phi) is 4.92. The van der Waals surface area contributed by atoms with E-state index in [4.69, 9.17) is 11.6 Å². The molecule has 1 saturated carbocycles. The number of nitrogens with one attached hydrogen (secondary N) is 1. The summed E-state index contributed by atoms with van der Waals surface area (Å²) >= 11 is 6.17. The molecule has 0 saturated heterocycles. The Balaban J connectivity index is 2.08. The molecule has 0 radical (unpaired) electrons. The molecular formula is C17H26ClN. The maximum absolute atomic E-state index is 6.17. The van der Waals surface area contributed by atoms with E-state index in [0.717, 1.165) is 24.0 Å². The fraction of sp³-hybridized carbons (Fsp3) is 0.647. The lowest BCUT2D eigenvalue weighted by Gasteiger charge is -2.48. The Morgan fingerprint density at radius 2 is 2.11 bits per heavy atom. The fourth-order valence-electron chi connectivity index (χ4n) is 3.23. The predicted octanol–water partition coefficient (Wildman–Crippen LogP) is 4.64. The lowest BCUT2D eigenvalue weighted by atomic mass is 9.58. The van der Waals surface area contributed by atoms with Crippen LogP contribution in [-0.2, 0) is 5.41 Å². The zero-order chi connectivity index (χ0) is 13.9. The minimum absolute atomic E-state index is 0.320. The van der Waals surface area contributed by atoms with Gasteiger partial charge in [-0.05, 0) is 48.9 Å². The molecule has 0 aromatic heterocycles. The lowest BCUT2D eigenvalue weighted by molar-refractivity contribution is 0.133. The zero-order valence-electron chi connectivity index (χ0n) is 12.4. The van der Waals surface area contributed by atoms with Gasteiger partial charge in [0.05, 0.1) is 0 Å². The van der Waals surface area contributed by atoms with Gasteiger partial charge in [0.2, 0.25) is 0 Å². The molecule has 106 valence electrons. The van der Waals surface area contributed by atoms with Crippen molar-refractivity contribution in [3.05, 3.63) is 34.9 Å². The van der Waals surface area contributed by atoms with Crippen LogP contribution in [0.3, 0.4) is 0 Å². The van der Waals surface area contributed by atoms with E-state index in [1.54, 1.807) is 0 Å². The Hall–Kier alpha value is -0.530. The van der Waals surface area contributed by atoms with Gasteiger partial charge in [0.15, 0.2) is 0 Å². The molecule has 0 heterocycles. The molecule has 0 aliphatic heterocycles. The Bertz CT molecular complexity index is 407. The van der Waals surface area contributed by atoms with Crippen molar-refractivity contribution in [1.82, 2.24) is 5.32 Å². The molecule has 0 bridgehead atoms. The van der Waals surface area contributed by atoms with Crippen molar-refractivity contribution in [3.63, 3.8) is 0 Å². The largest absolute Gasteiger partial charge is 0.316 e. The molecule has 0 atom stereocenters. The summed E-state index contributed by atoms with van der Waals surface area (Å²) < 4.78 is 0. The standard InChI is InChI=1S/C17H26ClN/c1-4-14-9-17(10-14,12-19-11-13(2)3)15-6-5-7-16(18)8-15/h5-8,13-14,19H,4,9-12H2,1-3H3. The molecule has 2 rings (SSSR count). The van der Waals surface area contributed by atoms with Crippen LogP contribution in [0.2, 0.25) is 5.02 Å². The SMILES string of the molecule is CCC1CC(CNCC(C)C)(c2cccc(Cl)c2)C1. The molecule has 1 nitrogen and oxygen atoms in total. The summed E-state index contributed by atoms with van der Waals surface area (Å²) in [4.78, 5) is 0.